The predicted octanol–water partition coefficient (Wildman–Crippen LogP) is -1.03. The van der Waals surface area contributed by atoms with Crippen LogP contribution in [0.15, 0.2) is 34.1 Å². The minimum absolute atomic E-state index is 0.106. The Morgan fingerprint density at radius 2 is 1.89 bits per heavy atom. The van der Waals surface area contributed by atoms with Crippen LogP contribution in [0, 0.1) is 0 Å². The summed E-state index contributed by atoms with van der Waals surface area (Å²) in [6.45, 7) is 1.32. The molecule has 19 heavy (non-hydrogen) atoms. The van der Waals surface area contributed by atoms with E-state index in [9.17, 15) is 16.8 Å². The van der Waals surface area contributed by atoms with Gasteiger partial charge in [-0.05, 0) is 31.2 Å². The third-order valence-corrected chi connectivity index (χ3v) is 5.26. The molecule has 0 radical (unpaired) electrons. The van der Waals surface area contributed by atoms with E-state index >= 15 is 0 Å². The molecule has 0 unspecified atom stereocenters. The van der Waals surface area contributed by atoms with Gasteiger partial charge in [0.05, 0.1) is 9.79 Å². The zero-order valence-corrected chi connectivity index (χ0v) is 11.7. The minimum atomic E-state index is -3.92. The molecular weight excluding hydrogens is 290 g/mol. The molecule has 0 saturated carbocycles. The van der Waals surface area contributed by atoms with E-state index in [1.165, 1.54) is 18.2 Å². The monoisotopic (exact) mass is 305 g/mol. The second-order valence-corrected chi connectivity index (χ2v) is 7.61. The van der Waals surface area contributed by atoms with Crippen molar-refractivity contribution in [1.29, 1.82) is 0 Å². The number of benzene rings is 1. The highest BCUT2D eigenvalue weighted by molar-refractivity contribution is 7.90. The number of hydrogen-bond donors (Lipinski definition) is 3. The van der Waals surface area contributed by atoms with E-state index in [0.717, 1.165) is 12.6 Å². The lowest BCUT2D eigenvalue weighted by Crippen LogP contribution is -2.36. The fourth-order valence-electron chi connectivity index (χ4n) is 1.86. The van der Waals surface area contributed by atoms with Gasteiger partial charge >= 0.3 is 0 Å². The highest BCUT2D eigenvalue weighted by Gasteiger charge is 2.23. The van der Waals surface area contributed by atoms with E-state index in [0.29, 0.717) is 13.0 Å². The van der Waals surface area contributed by atoms with Crippen LogP contribution in [0.2, 0.25) is 0 Å². The largest absolute Gasteiger partial charge is 0.315 e. The van der Waals surface area contributed by atoms with Crippen molar-refractivity contribution in [2.24, 2.45) is 5.14 Å². The number of sulfonamides is 2. The molecule has 1 saturated heterocycles. The van der Waals surface area contributed by atoms with Gasteiger partial charge in [0.1, 0.15) is 0 Å². The number of hydrogen-bond acceptors (Lipinski definition) is 5. The van der Waals surface area contributed by atoms with Crippen LogP contribution in [0.1, 0.15) is 6.42 Å². The van der Waals surface area contributed by atoms with Crippen LogP contribution in [0.4, 0.5) is 0 Å². The standard InChI is InChI=1S/C10H15N3O4S2/c11-18(14,15)9-2-1-3-10(6-9)19(16,17)13-8-4-5-12-7-8/h1-3,6,8,12-13H,4-5,7H2,(H2,11,14,15)/t8-/m1/s1. The molecule has 0 bridgehead atoms. The van der Waals surface area contributed by atoms with Crippen molar-refractivity contribution in [2.75, 3.05) is 13.1 Å². The van der Waals surface area contributed by atoms with Gasteiger partial charge in [0.2, 0.25) is 20.0 Å². The van der Waals surface area contributed by atoms with E-state index in [1.54, 1.807) is 0 Å². The highest BCUT2D eigenvalue weighted by atomic mass is 32.2. The Morgan fingerprint density at radius 1 is 1.21 bits per heavy atom. The molecule has 4 N–H and O–H groups in total. The molecule has 0 amide bonds. The molecule has 7 nitrogen and oxygen atoms in total. The summed E-state index contributed by atoms with van der Waals surface area (Å²) in [7, 11) is -7.65. The second-order valence-electron chi connectivity index (χ2n) is 4.33. The van der Waals surface area contributed by atoms with Gasteiger partial charge in [0.15, 0.2) is 0 Å². The Kier molecular flexibility index (Phi) is 3.92. The predicted molar refractivity (Wildman–Crippen MR) is 69.4 cm³/mol. The average molecular weight is 305 g/mol. The van der Waals surface area contributed by atoms with Crippen molar-refractivity contribution >= 4 is 20.0 Å². The van der Waals surface area contributed by atoms with Gasteiger partial charge < -0.3 is 5.32 Å². The van der Waals surface area contributed by atoms with Crippen LogP contribution in [0.3, 0.4) is 0 Å². The van der Waals surface area contributed by atoms with Crippen LogP contribution in [-0.2, 0) is 20.0 Å². The maximum absolute atomic E-state index is 12.1. The van der Waals surface area contributed by atoms with E-state index in [-0.39, 0.29) is 15.8 Å². The van der Waals surface area contributed by atoms with Crippen molar-refractivity contribution in [3.05, 3.63) is 24.3 Å². The third kappa shape index (κ3) is 3.51. The molecule has 1 heterocycles. The molecule has 1 aliphatic rings. The van der Waals surface area contributed by atoms with Gasteiger partial charge in [0, 0.05) is 12.6 Å². The molecule has 1 aromatic carbocycles. The van der Waals surface area contributed by atoms with Crippen molar-refractivity contribution in [2.45, 2.75) is 22.3 Å². The Balaban J connectivity index is 2.30. The lowest BCUT2D eigenvalue weighted by atomic mass is 10.3. The summed E-state index contributed by atoms with van der Waals surface area (Å²) in [6, 6.07) is 4.81. The number of rotatable bonds is 4. The lowest BCUT2D eigenvalue weighted by molar-refractivity contribution is 0.560. The van der Waals surface area contributed by atoms with Crippen LogP contribution < -0.4 is 15.2 Å². The average Bonchev–Trinajstić information content (AvgIpc) is 2.80. The normalized spacial score (nSPS) is 20.6. The van der Waals surface area contributed by atoms with Crippen molar-refractivity contribution in [3.63, 3.8) is 0 Å². The molecular formula is C10H15N3O4S2. The summed E-state index contributed by atoms with van der Waals surface area (Å²) in [6.07, 6.45) is 0.702. The van der Waals surface area contributed by atoms with E-state index in [4.69, 9.17) is 5.14 Å². The Hall–Kier alpha value is -1.00. The first-order valence-electron chi connectivity index (χ1n) is 5.65. The maximum atomic E-state index is 12.1. The first-order valence-corrected chi connectivity index (χ1v) is 8.68. The Labute approximate surface area is 112 Å². The maximum Gasteiger partial charge on any atom is 0.240 e. The number of nitrogens with one attached hydrogen (secondary N) is 2. The van der Waals surface area contributed by atoms with Gasteiger partial charge in [-0.3, -0.25) is 0 Å². The summed E-state index contributed by atoms with van der Waals surface area (Å²) < 4.78 is 49.1. The fourth-order valence-corrected chi connectivity index (χ4v) is 3.81. The summed E-state index contributed by atoms with van der Waals surface area (Å²) in [5.41, 5.74) is 0. The summed E-state index contributed by atoms with van der Waals surface area (Å²) >= 11 is 0. The number of nitrogens with two attached hydrogens (primary N) is 1. The molecule has 1 fully saturated rings. The van der Waals surface area contributed by atoms with Crippen LogP contribution >= 0.6 is 0 Å². The summed E-state index contributed by atoms with van der Waals surface area (Å²) in [5.74, 6) is 0. The third-order valence-electron chi connectivity index (χ3n) is 2.83. The SMILES string of the molecule is NS(=O)(=O)c1cccc(S(=O)(=O)N[C@@H]2CCNC2)c1. The van der Waals surface area contributed by atoms with Crippen LogP contribution in [0.5, 0.6) is 0 Å². The molecule has 9 heteroatoms. The molecule has 2 rings (SSSR count). The smallest absolute Gasteiger partial charge is 0.240 e. The van der Waals surface area contributed by atoms with Gasteiger partial charge in [-0.25, -0.2) is 26.7 Å². The van der Waals surface area contributed by atoms with Gasteiger partial charge in [-0.15, -0.1) is 0 Å². The van der Waals surface area contributed by atoms with E-state index < -0.39 is 20.0 Å². The van der Waals surface area contributed by atoms with Gasteiger partial charge in [0.25, 0.3) is 0 Å². The zero-order valence-electron chi connectivity index (χ0n) is 10.0. The van der Waals surface area contributed by atoms with Crippen LogP contribution in [-0.4, -0.2) is 36.0 Å². The molecule has 1 aliphatic heterocycles. The van der Waals surface area contributed by atoms with E-state index in [2.05, 4.69) is 10.0 Å². The first-order chi connectivity index (χ1) is 8.79. The molecule has 106 valence electrons. The van der Waals surface area contributed by atoms with E-state index in [1.807, 2.05) is 0 Å². The van der Waals surface area contributed by atoms with Crippen molar-refractivity contribution in [3.8, 4) is 0 Å². The number of primary sulfonamides is 1. The lowest BCUT2D eigenvalue weighted by Gasteiger charge is -2.12. The Morgan fingerprint density at radius 3 is 2.47 bits per heavy atom. The molecule has 0 aromatic heterocycles. The minimum Gasteiger partial charge on any atom is -0.315 e. The van der Waals surface area contributed by atoms with Crippen molar-refractivity contribution in [1.82, 2.24) is 10.0 Å². The molecule has 0 aliphatic carbocycles. The quantitative estimate of drug-likeness (QED) is 0.657. The topological polar surface area (TPSA) is 118 Å². The summed E-state index contributed by atoms with van der Waals surface area (Å²) in [5, 5.41) is 8.02. The van der Waals surface area contributed by atoms with Gasteiger partial charge in [-0.2, -0.15) is 0 Å². The van der Waals surface area contributed by atoms with Crippen molar-refractivity contribution < 1.29 is 16.8 Å². The first kappa shape index (κ1) is 14.4. The second kappa shape index (κ2) is 5.17. The molecule has 1 atom stereocenters. The summed E-state index contributed by atoms with van der Waals surface area (Å²) in [4.78, 5) is -0.328. The molecule has 1 aromatic rings. The molecule has 0 spiro atoms. The van der Waals surface area contributed by atoms with Gasteiger partial charge in [-0.1, -0.05) is 6.07 Å². The fraction of sp³-hybridized carbons (Fsp3) is 0.400. The zero-order chi connectivity index (χ0) is 14.1. The highest BCUT2D eigenvalue weighted by Crippen LogP contribution is 2.15. The van der Waals surface area contributed by atoms with Crippen LogP contribution in [0.25, 0.3) is 0 Å². The Bertz CT molecular complexity index is 664.